The first-order valence-corrected chi connectivity index (χ1v) is 11.2. The molecule has 0 heterocycles. The first-order chi connectivity index (χ1) is 12.8. The monoisotopic (exact) mass is 374 g/mol. The van der Waals surface area contributed by atoms with Crippen molar-refractivity contribution in [3.05, 3.63) is 29.8 Å². The third kappa shape index (κ3) is 6.82. The lowest BCUT2D eigenvalue weighted by atomic mass is 9.75. The van der Waals surface area contributed by atoms with Crippen LogP contribution in [0.1, 0.15) is 92.1 Å². The third-order valence-electron chi connectivity index (χ3n) is 6.28. The molecule has 0 aliphatic heterocycles. The molecule has 2 nitrogen and oxygen atoms in total. The normalized spacial score (nSPS) is 25.6. The van der Waals surface area contributed by atoms with Gasteiger partial charge in [0, 0.05) is 6.42 Å². The van der Waals surface area contributed by atoms with E-state index in [4.69, 9.17) is 9.47 Å². The van der Waals surface area contributed by atoms with E-state index in [1.807, 2.05) is 0 Å². The van der Waals surface area contributed by atoms with Gasteiger partial charge in [0.15, 0.2) is 6.29 Å². The van der Waals surface area contributed by atoms with Crippen LogP contribution in [0.5, 0.6) is 5.75 Å². The third-order valence-corrected chi connectivity index (χ3v) is 6.28. The van der Waals surface area contributed by atoms with Crippen molar-refractivity contribution >= 4 is 0 Å². The van der Waals surface area contributed by atoms with Gasteiger partial charge in [-0.15, -0.1) is 0 Å². The van der Waals surface area contributed by atoms with Crippen LogP contribution in [0.25, 0.3) is 0 Å². The molecule has 2 rings (SSSR count). The van der Waals surface area contributed by atoms with E-state index < -0.39 is 0 Å². The van der Waals surface area contributed by atoms with Gasteiger partial charge in [-0.1, -0.05) is 67.0 Å². The van der Waals surface area contributed by atoms with Gasteiger partial charge in [0.2, 0.25) is 0 Å². The molecule has 1 aromatic rings. The molecular formula is C25H42O2. The molecule has 5 unspecified atom stereocenters. The standard InChI is InChI=1S/C25H42O2/c1-8-20(7)21-10-12-22(13-11-21)26-25(15-17(2)3)27-24-16-19(6)9-14-23(24)18(4)5/h10-13,17-20,23-25H,8-9,14-16H2,1-7H3. The van der Waals surface area contributed by atoms with E-state index in [9.17, 15) is 0 Å². The van der Waals surface area contributed by atoms with Crippen LogP contribution in [0.3, 0.4) is 0 Å². The molecule has 1 fully saturated rings. The molecule has 0 radical (unpaired) electrons. The zero-order valence-electron chi connectivity index (χ0n) is 18.7. The fourth-order valence-corrected chi connectivity index (χ4v) is 4.24. The van der Waals surface area contributed by atoms with E-state index in [1.165, 1.54) is 18.4 Å². The van der Waals surface area contributed by atoms with Gasteiger partial charge >= 0.3 is 0 Å². The highest BCUT2D eigenvalue weighted by Gasteiger charge is 2.33. The fourth-order valence-electron chi connectivity index (χ4n) is 4.24. The maximum absolute atomic E-state index is 6.63. The van der Waals surface area contributed by atoms with Gasteiger partial charge in [-0.25, -0.2) is 0 Å². The van der Waals surface area contributed by atoms with Gasteiger partial charge in [-0.2, -0.15) is 0 Å². The molecule has 2 heteroatoms. The van der Waals surface area contributed by atoms with Crippen molar-refractivity contribution in [3.63, 3.8) is 0 Å². The quantitative estimate of drug-likeness (QED) is 0.418. The van der Waals surface area contributed by atoms with Gasteiger partial charge in [0.05, 0.1) is 6.10 Å². The molecule has 0 bridgehead atoms. The second-order valence-corrected chi connectivity index (χ2v) is 9.56. The minimum Gasteiger partial charge on any atom is -0.465 e. The van der Waals surface area contributed by atoms with Gasteiger partial charge in [0.1, 0.15) is 5.75 Å². The van der Waals surface area contributed by atoms with Crippen LogP contribution in [0, 0.1) is 23.7 Å². The van der Waals surface area contributed by atoms with Crippen LogP contribution in [0.15, 0.2) is 24.3 Å². The van der Waals surface area contributed by atoms with E-state index in [1.54, 1.807) is 0 Å². The Hall–Kier alpha value is -1.02. The first-order valence-electron chi connectivity index (χ1n) is 11.2. The van der Waals surface area contributed by atoms with Crippen LogP contribution in [0.4, 0.5) is 0 Å². The van der Waals surface area contributed by atoms with Crippen molar-refractivity contribution in [1.82, 2.24) is 0 Å². The number of hydrogen-bond donors (Lipinski definition) is 0. The molecule has 5 atom stereocenters. The van der Waals surface area contributed by atoms with Crippen molar-refractivity contribution in [2.45, 2.75) is 98.9 Å². The van der Waals surface area contributed by atoms with Crippen LogP contribution < -0.4 is 4.74 Å². The summed E-state index contributed by atoms with van der Waals surface area (Å²) in [5, 5.41) is 0. The summed E-state index contributed by atoms with van der Waals surface area (Å²) < 4.78 is 13.0. The molecule has 1 saturated carbocycles. The summed E-state index contributed by atoms with van der Waals surface area (Å²) in [5.74, 6) is 4.13. The number of ether oxygens (including phenoxy) is 2. The molecule has 0 N–H and O–H groups in total. The summed E-state index contributed by atoms with van der Waals surface area (Å²) in [4.78, 5) is 0. The summed E-state index contributed by atoms with van der Waals surface area (Å²) in [7, 11) is 0. The van der Waals surface area contributed by atoms with Crippen molar-refractivity contribution in [3.8, 4) is 5.75 Å². The van der Waals surface area contributed by atoms with Crippen molar-refractivity contribution in [2.75, 3.05) is 0 Å². The molecule has 154 valence electrons. The SMILES string of the molecule is CCC(C)c1ccc(OC(CC(C)C)OC2CC(C)CCC2C(C)C)cc1. The molecule has 1 aliphatic carbocycles. The largest absolute Gasteiger partial charge is 0.465 e. The van der Waals surface area contributed by atoms with Gasteiger partial charge < -0.3 is 9.47 Å². The lowest BCUT2D eigenvalue weighted by Gasteiger charge is -2.39. The highest BCUT2D eigenvalue weighted by atomic mass is 16.7. The minimum atomic E-state index is -0.156. The van der Waals surface area contributed by atoms with E-state index in [2.05, 4.69) is 72.7 Å². The van der Waals surface area contributed by atoms with Gasteiger partial charge in [-0.3, -0.25) is 0 Å². The molecular weight excluding hydrogens is 332 g/mol. The van der Waals surface area contributed by atoms with Gasteiger partial charge in [0.25, 0.3) is 0 Å². The Balaban J connectivity index is 2.07. The minimum absolute atomic E-state index is 0.156. The number of rotatable bonds is 9. The molecule has 0 amide bonds. The number of benzene rings is 1. The predicted octanol–water partition coefficient (Wildman–Crippen LogP) is 7.43. The average molecular weight is 375 g/mol. The Bertz CT molecular complexity index is 534. The van der Waals surface area contributed by atoms with E-state index in [0.717, 1.165) is 30.9 Å². The van der Waals surface area contributed by atoms with E-state index >= 15 is 0 Å². The topological polar surface area (TPSA) is 18.5 Å². The van der Waals surface area contributed by atoms with E-state index in [0.29, 0.717) is 29.8 Å². The Morgan fingerprint density at radius 1 is 1.00 bits per heavy atom. The maximum Gasteiger partial charge on any atom is 0.200 e. The predicted molar refractivity (Wildman–Crippen MR) is 115 cm³/mol. The first kappa shape index (κ1) is 22.3. The Labute approximate surface area is 168 Å². The smallest absolute Gasteiger partial charge is 0.200 e. The maximum atomic E-state index is 6.63. The summed E-state index contributed by atoms with van der Waals surface area (Å²) in [6.07, 6.45) is 6.02. The molecule has 1 aliphatic rings. The van der Waals surface area contributed by atoms with Crippen LogP contribution >= 0.6 is 0 Å². The molecule has 0 saturated heterocycles. The summed E-state index contributed by atoms with van der Waals surface area (Å²) in [6.45, 7) is 16.0. The molecule has 0 spiro atoms. The lowest BCUT2D eigenvalue weighted by Crippen LogP contribution is -2.39. The highest BCUT2D eigenvalue weighted by Crippen LogP contribution is 2.36. The summed E-state index contributed by atoms with van der Waals surface area (Å²) in [6, 6.07) is 8.63. The van der Waals surface area contributed by atoms with Crippen molar-refractivity contribution in [2.24, 2.45) is 23.7 Å². The lowest BCUT2D eigenvalue weighted by molar-refractivity contribution is -0.162. The highest BCUT2D eigenvalue weighted by molar-refractivity contribution is 5.29. The average Bonchev–Trinajstić information content (AvgIpc) is 2.61. The fraction of sp³-hybridized carbons (Fsp3) is 0.760. The summed E-state index contributed by atoms with van der Waals surface area (Å²) >= 11 is 0. The zero-order valence-corrected chi connectivity index (χ0v) is 18.7. The van der Waals surface area contributed by atoms with Crippen LogP contribution in [0.2, 0.25) is 0 Å². The van der Waals surface area contributed by atoms with Crippen LogP contribution in [-0.4, -0.2) is 12.4 Å². The molecule has 27 heavy (non-hydrogen) atoms. The summed E-state index contributed by atoms with van der Waals surface area (Å²) in [5.41, 5.74) is 1.38. The Kier molecular flexibility index (Phi) is 8.66. The van der Waals surface area contributed by atoms with Gasteiger partial charge in [-0.05, 0) is 66.5 Å². The Morgan fingerprint density at radius 3 is 2.22 bits per heavy atom. The van der Waals surface area contributed by atoms with E-state index in [-0.39, 0.29) is 6.29 Å². The second-order valence-electron chi connectivity index (χ2n) is 9.56. The molecule has 1 aromatic carbocycles. The molecule has 0 aromatic heterocycles. The van der Waals surface area contributed by atoms with Crippen molar-refractivity contribution in [1.29, 1.82) is 0 Å². The second kappa shape index (κ2) is 10.5. The number of hydrogen-bond acceptors (Lipinski definition) is 2. The Morgan fingerprint density at radius 2 is 1.67 bits per heavy atom. The van der Waals surface area contributed by atoms with Crippen molar-refractivity contribution < 1.29 is 9.47 Å². The zero-order chi connectivity index (χ0) is 20.0. The van der Waals surface area contributed by atoms with Crippen LogP contribution in [-0.2, 0) is 4.74 Å².